The summed E-state index contributed by atoms with van der Waals surface area (Å²) in [4.78, 5) is 10.6. The van der Waals surface area contributed by atoms with E-state index in [1.54, 1.807) is 0 Å². The Morgan fingerprint density at radius 2 is 1.75 bits per heavy atom. The zero-order valence-electron chi connectivity index (χ0n) is 16.8. The predicted octanol–water partition coefficient (Wildman–Crippen LogP) is 6.04. The summed E-state index contributed by atoms with van der Waals surface area (Å²) in [6, 6.07) is 10.5. The van der Waals surface area contributed by atoms with Crippen LogP contribution in [0.4, 0.5) is 0 Å². The lowest BCUT2D eigenvalue weighted by Crippen LogP contribution is -2.27. The Morgan fingerprint density at radius 1 is 1.04 bits per heavy atom. The van der Waals surface area contributed by atoms with Gasteiger partial charge in [0.25, 0.3) is 0 Å². The topological polar surface area (TPSA) is 46.5 Å². The van der Waals surface area contributed by atoms with Crippen LogP contribution in [-0.2, 0) is 9.53 Å². The van der Waals surface area contributed by atoms with Crippen molar-refractivity contribution >= 4 is 23.8 Å². The molecule has 0 saturated carbocycles. The lowest BCUT2D eigenvalue weighted by Gasteiger charge is -2.28. The largest absolute Gasteiger partial charge is 0.481 e. The third-order valence-corrected chi connectivity index (χ3v) is 7.14. The number of benzene rings is 1. The van der Waals surface area contributed by atoms with Gasteiger partial charge in [-0.3, -0.25) is 4.79 Å². The molecule has 3 rings (SSSR count). The molecule has 2 heterocycles. The summed E-state index contributed by atoms with van der Waals surface area (Å²) in [6.07, 6.45) is 15.1. The molecule has 4 heteroatoms. The molecule has 2 aliphatic rings. The number of carbonyl (C=O) groups is 1. The summed E-state index contributed by atoms with van der Waals surface area (Å²) < 4.78 is 6.24. The predicted molar refractivity (Wildman–Crippen MR) is 118 cm³/mol. The zero-order valence-corrected chi connectivity index (χ0v) is 17.6. The van der Waals surface area contributed by atoms with Crippen LogP contribution < -0.4 is 0 Å². The van der Waals surface area contributed by atoms with Gasteiger partial charge in [-0.15, -0.1) is 0 Å². The average molecular weight is 403 g/mol. The number of unbranched alkanes of at least 4 members (excludes halogenated alkanes) is 3. The molecule has 28 heavy (non-hydrogen) atoms. The van der Waals surface area contributed by atoms with Gasteiger partial charge in [0.15, 0.2) is 0 Å². The van der Waals surface area contributed by atoms with Crippen LogP contribution in [0.5, 0.6) is 0 Å². The molecule has 2 bridgehead atoms. The lowest BCUT2D eigenvalue weighted by atomic mass is 9.75. The molecule has 0 spiro atoms. The third kappa shape index (κ3) is 6.66. The molecule has 1 aromatic carbocycles. The second-order valence-corrected chi connectivity index (χ2v) is 9.29. The third-order valence-electron chi connectivity index (χ3n) is 6.19. The van der Waals surface area contributed by atoms with Crippen LogP contribution in [0.25, 0.3) is 6.08 Å². The standard InChI is InChI=1S/C24H34O3S/c25-24(26)13-7-2-1-6-12-20-21(23-15-14-22(20)27-23)16-18-28-17-8-11-19-9-4-3-5-10-19/h3-5,8-11,20-23H,1-2,6-7,12-18H2,(H,25,26)/t20-,21+,22-,23+/m1/s1. The minimum atomic E-state index is -0.669. The molecule has 1 aromatic rings. The van der Waals surface area contributed by atoms with E-state index in [0.29, 0.717) is 18.6 Å². The van der Waals surface area contributed by atoms with Crippen molar-refractivity contribution in [2.45, 2.75) is 70.0 Å². The number of carboxylic acid groups (broad SMARTS) is 1. The first-order valence-corrected chi connectivity index (χ1v) is 12.1. The van der Waals surface area contributed by atoms with Crippen molar-refractivity contribution in [3.63, 3.8) is 0 Å². The average Bonchev–Trinajstić information content (AvgIpc) is 3.30. The highest BCUT2D eigenvalue weighted by Gasteiger charge is 2.47. The molecule has 4 atom stereocenters. The fourth-order valence-corrected chi connectivity index (χ4v) is 5.64. The Kier molecular flexibility index (Phi) is 8.94. The van der Waals surface area contributed by atoms with E-state index < -0.39 is 5.97 Å². The van der Waals surface area contributed by atoms with Gasteiger partial charge in [0, 0.05) is 12.2 Å². The Balaban J connectivity index is 1.31. The highest BCUT2D eigenvalue weighted by molar-refractivity contribution is 7.99. The van der Waals surface area contributed by atoms with Crippen LogP contribution in [0.2, 0.25) is 0 Å². The number of aliphatic carboxylic acids is 1. The SMILES string of the molecule is O=C(O)CCCCCC[C@@H]1[C@H](CCSCC=Cc2ccccc2)[C@@H]2CC[C@H]1O2. The summed E-state index contributed by atoms with van der Waals surface area (Å²) in [6.45, 7) is 0. The minimum Gasteiger partial charge on any atom is -0.481 e. The molecule has 2 fully saturated rings. The summed E-state index contributed by atoms with van der Waals surface area (Å²) in [5.41, 5.74) is 1.27. The van der Waals surface area contributed by atoms with Gasteiger partial charge < -0.3 is 9.84 Å². The van der Waals surface area contributed by atoms with Gasteiger partial charge >= 0.3 is 5.97 Å². The molecule has 0 aliphatic carbocycles. The molecule has 0 amide bonds. The summed E-state index contributed by atoms with van der Waals surface area (Å²) in [5.74, 6) is 3.09. The smallest absolute Gasteiger partial charge is 0.303 e. The van der Waals surface area contributed by atoms with E-state index in [0.717, 1.165) is 36.9 Å². The maximum absolute atomic E-state index is 10.6. The van der Waals surface area contributed by atoms with Crippen LogP contribution in [0.15, 0.2) is 36.4 Å². The molecule has 0 unspecified atom stereocenters. The van der Waals surface area contributed by atoms with Gasteiger partial charge in [0.2, 0.25) is 0 Å². The van der Waals surface area contributed by atoms with E-state index in [4.69, 9.17) is 9.84 Å². The zero-order chi connectivity index (χ0) is 19.6. The van der Waals surface area contributed by atoms with Crippen molar-refractivity contribution in [3.05, 3.63) is 42.0 Å². The van der Waals surface area contributed by atoms with Crippen molar-refractivity contribution in [2.24, 2.45) is 11.8 Å². The van der Waals surface area contributed by atoms with Gasteiger partial charge in [0.05, 0.1) is 12.2 Å². The van der Waals surface area contributed by atoms with Crippen LogP contribution in [0.3, 0.4) is 0 Å². The monoisotopic (exact) mass is 402 g/mol. The molecule has 1 N–H and O–H groups in total. The molecular formula is C24H34O3S. The fraction of sp³-hybridized carbons (Fsp3) is 0.625. The van der Waals surface area contributed by atoms with E-state index >= 15 is 0 Å². The molecule has 0 radical (unpaired) electrons. The summed E-state index contributed by atoms with van der Waals surface area (Å²) in [5, 5.41) is 8.72. The van der Waals surface area contributed by atoms with Crippen LogP contribution >= 0.6 is 11.8 Å². The molecular weight excluding hydrogens is 368 g/mol. The number of fused-ring (bicyclic) bond motifs is 2. The number of rotatable bonds is 13. The van der Waals surface area contributed by atoms with E-state index in [2.05, 4.69) is 42.5 Å². The number of thioether (sulfide) groups is 1. The van der Waals surface area contributed by atoms with Gasteiger partial charge in [-0.2, -0.15) is 11.8 Å². The number of carboxylic acids is 1. The maximum Gasteiger partial charge on any atom is 0.303 e. The summed E-state index contributed by atoms with van der Waals surface area (Å²) >= 11 is 2.03. The van der Waals surface area contributed by atoms with E-state index in [1.807, 2.05) is 11.8 Å². The number of hydrogen-bond donors (Lipinski definition) is 1. The van der Waals surface area contributed by atoms with Crippen molar-refractivity contribution in [3.8, 4) is 0 Å². The molecule has 3 nitrogen and oxygen atoms in total. The Bertz CT molecular complexity index is 616. The van der Waals surface area contributed by atoms with Gasteiger partial charge in [-0.25, -0.2) is 0 Å². The van der Waals surface area contributed by atoms with E-state index in [9.17, 15) is 4.79 Å². The first-order chi connectivity index (χ1) is 13.7. The minimum absolute atomic E-state index is 0.315. The second-order valence-electron chi connectivity index (χ2n) is 8.14. The highest BCUT2D eigenvalue weighted by atomic mass is 32.2. The molecule has 154 valence electrons. The van der Waals surface area contributed by atoms with Crippen molar-refractivity contribution in [1.82, 2.24) is 0 Å². The Labute approximate surface area is 173 Å². The second kappa shape index (κ2) is 11.7. The van der Waals surface area contributed by atoms with Crippen LogP contribution in [0.1, 0.15) is 63.4 Å². The van der Waals surface area contributed by atoms with Crippen molar-refractivity contribution < 1.29 is 14.6 Å². The van der Waals surface area contributed by atoms with Crippen molar-refractivity contribution in [1.29, 1.82) is 0 Å². The highest BCUT2D eigenvalue weighted by Crippen LogP contribution is 2.47. The molecule has 2 aliphatic heterocycles. The molecule has 0 aromatic heterocycles. The van der Waals surface area contributed by atoms with Crippen LogP contribution in [-0.4, -0.2) is 34.8 Å². The number of hydrogen-bond acceptors (Lipinski definition) is 3. The first kappa shape index (κ1) is 21.4. The van der Waals surface area contributed by atoms with Gasteiger partial charge in [-0.1, -0.05) is 61.7 Å². The Morgan fingerprint density at radius 3 is 2.50 bits per heavy atom. The molecule has 2 saturated heterocycles. The first-order valence-electron chi connectivity index (χ1n) is 10.9. The lowest BCUT2D eigenvalue weighted by molar-refractivity contribution is -0.137. The Hall–Kier alpha value is -1.26. The van der Waals surface area contributed by atoms with Crippen molar-refractivity contribution in [2.75, 3.05) is 11.5 Å². The van der Waals surface area contributed by atoms with Gasteiger partial charge in [0.1, 0.15) is 0 Å². The van der Waals surface area contributed by atoms with Gasteiger partial charge in [-0.05, 0) is 55.3 Å². The van der Waals surface area contributed by atoms with E-state index in [-0.39, 0.29) is 0 Å². The normalized spacial score (nSPS) is 26.3. The van der Waals surface area contributed by atoms with E-state index in [1.165, 1.54) is 43.4 Å². The maximum atomic E-state index is 10.6. The fourth-order valence-electron chi connectivity index (χ4n) is 4.80. The summed E-state index contributed by atoms with van der Waals surface area (Å²) in [7, 11) is 0. The van der Waals surface area contributed by atoms with Crippen LogP contribution in [0, 0.1) is 11.8 Å². The number of ether oxygens (including phenoxy) is 1. The quantitative estimate of drug-likeness (QED) is 0.408.